The van der Waals surface area contributed by atoms with Crippen molar-refractivity contribution in [3.63, 3.8) is 0 Å². The fourth-order valence-electron chi connectivity index (χ4n) is 2.46. The molecule has 0 heterocycles. The van der Waals surface area contributed by atoms with E-state index in [-0.39, 0.29) is 11.8 Å². The first-order valence-electron chi connectivity index (χ1n) is 7.33. The summed E-state index contributed by atoms with van der Waals surface area (Å²) in [5.41, 5.74) is 2.79. The molecule has 0 bridgehead atoms. The lowest BCUT2D eigenvalue weighted by atomic mass is 9.86. The van der Waals surface area contributed by atoms with Gasteiger partial charge in [-0.2, -0.15) is 0 Å². The standard InChI is InChI=1S/C18H20O4/c1-4-22-18(20)15-9-10-17(19)16(12(15)2)11-13-5-7-14(21-3)8-6-13/h5-8,11H,4,9-10H2,1-3H3/b16-11+. The second-order valence-electron chi connectivity index (χ2n) is 5.08. The van der Waals surface area contributed by atoms with Crippen molar-refractivity contribution in [1.29, 1.82) is 0 Å². The largest absolute Gasteiger partial charge is 0.497 e. The van der Waals surface area contributed by atoms with Gasteiger partial charge in [-0.15, -0.1) is 0 Å². The third kappa shape index (κ3) is 3.45. The summed E-state index contributed by atoms with van der Waals surface area (Å²) in [6.45, 7) is 3.91. The number of methoxy groups -OCH3 is 1. The number of esters is 1. The maximum absolute atomic E-state index is 12.2. The van der Waals surface area contributed by atoms with Crippen molar-refractivity contribution in [2.24, 2.45) is 0 Å². The summed E-state index contributed by atoms with van der Waals surface area (Å²) in [5, 5.41) is 0. The SMILES string of the molecule is CCOC(=O)C1=C(C)/C(=C\c2ccc(OC)cc2)C(=O)CC1. The summed E-state index contributed by atoms with van der Waals surface area (Å²) in [6, 6.07) is 7.44. The Bertz CT molecular complexity index is 636. The van der Waals surface area contributed by atoms with E-state index in [9.17, 15) is 9.59 Å². The molecule has 0 aliphatic heterocycles. The van der Waals surface area contributed by atoms with E-state index in [0.717, 1.165) is 11.3 Å². The third-order valence-electron chi connectivity index (χ3n) is 3.71. The highest BCUT2D eigenvalue weighted by Crippen LogP contribution is 2.29. The van der Waals surface area contributed by atoms with Gasteiger partial charge in [-0.05, 0) is 49.6 Å². The molecule has 2 rings (SSSR count). The third-order valence-corrected chi connectivity index (χ3v) is 3.71. The summed E-state index contributed by atoms with van der Waals surface area (Å²) in [7, 11) is 1.61. The van der Waals surface area contributed by atoms with Gasteiger partial charge < -0.3 is 9.47 Å². The van der Waals surface area contributed by atoms with E-state index < -0.39 is 0 Å². The average molecular weight is 300 g/mol. The summed E-state index contributed by atoms with van der Waals surface area (Å²) in [5.74, 6) is 0.492. The monoisotopic (exact) mass is 300 g/mol. The van der Waals surface area contributed by atoms with Crippen molar-refractivity contribution in [2.45, 2.75) is 26.7 Å². The molecule has 0 unspecified atom stereocenters. The highest BCUT2D eigenvalue weighted by atomic mass is 16.5. The molecule has 0 fully saturated rings. The van der Waals surface area contributed by atoms with Crippen molar-refractivity contribution in [3.8, 4) is 5.75 Å². The average Bonchev–Trinajstić information content (AvgIpc) is 2.52. The zero-order valence-corrected chi connectivity index (χ0v) is 13.1. The normalized spacial score (nSPS) is 16.9. The predicted octanol–water partition coefficient (Wildman–Crippen LogP) is 3.32. The summed E-state index contributed by atoms with van der Waals surface area (Å²) < 4.78 is 10.2. The number of Topliss-reactive ketones (excluding diaryl/α,β-unsaturated/α-hetero) is 1. The first-order chi connectivity index (χ1) is 10.6. The Kier molecular flexibility index (Phi) is 5.15. The quantitative estimate of drug-likeness (QED) is 0.632. The first kappa shape index (κ1) is 16.0. The van der Waals surface area contributed by atoms with Crippen molar-refractivity contribution in [3.05, 3.63) is 46.5 Å². The van der Waals surface area contributed by atoms with Crippen LogP contribution in [0.25, 0.3) is 6.08 Å². The van der Waals surface area contributed by atoms with Crippen LogP contribution in [0.1, 0.15) is 32.3 Å². The maximum atomic E-state index is 12.2. The zero-order chi connectivity index (χ0) is 16.1. The van der Waals surface area contributed by atoms with Gasteiger partial charge in [-0.3, -0.25) is 4.79 Å². The highest BCUT2D eigenvalue weighted by molar-refractivity contribution is 6.08. The van der Waals surface area contributed by atoms with Gasteiger partial charge >= 0.3 is 5.97 Å². The lowest BCUT2D eigenvalue weighted by Crippen LogP contribution is -2.18. The molecule has 0 atom stereocenters. The van der Waals surface area contributed by atoms with Gasteiger partial charge in [0.25, 0.3) is 0 Å². The number of allylic oxidation sites excluding steroid dienone is 2. The van der Waals surface area contributed by atoms with Crippen LogP contribution in [0.2, 0.25) is 0 Å². The highest BCUT2D eigenvalue weighted by Gasteiger charge is 2.25. The molecule has 116 valence electrons. The van der Waals surface area contributed by atoms with E-state index in [1.807, 2.05) is 30.3 Å². The van der Waals surface area contributed by atoms with Gasteiger partial charge in [0, 0.05) is 17.6 Å². The van der Waals surface area contributed by atoms with Gasteiger partial charge in [-0.25, -0.2) is 4.79 Å². The molecule has 0 N–H and O–H groups in total. The van der Waals surface area contributed by atoms with Crippen molar-refractivity contribution in [1.82, 2.24) is 0 Å². The van der Waals surface area contributed by atoms with Crippen LogP contribution in [-0.2, 0) is 14.3 Å². The maximum Gasteiger partial charge on any atom is 0.334 e. The van der Waals surface area contributed by atoms with Crippen LogP contribution in [0.15, 0.2) is 41.0 Å². The molecule has 1 aliphatic rings. The Labute approximate surface area is 130 Å². The van der Waals surface area contributed by atoms with Gasteiger partial charge in [0.05, 0.1) is 13.7 Å². The van der Waals surface area contributed by atoms with E-state index in [1.54, 1.807) is 21.0 Å². The summed E-state index contributed by atoms with van der Waals surface area (Å²) >= 11 is 0. The number of ketones is 1. The second kappa shape index (κ2) is 7.07. The number of ether oxygens (including phenoxy) is 2. The second-order valence-corrected chi connectivity index (χ2v) is 5.08. The minimum Gasteiger partial charge on any atom is -0.497 e. The minimum absolute atomic E-state index is 0.0568. The van der Waals surface area contributed by atoms with Gasteiger partial charge in [0.2, 0.25) is 0 Å². The summed E-state index contributed by atoms with van der Waals surface area (Å²) in [6.07, 6.45) is 2.60. The Morgan fingerprint density at radius 3 is 2.50 bits per heavy atom. The van der Waals surface area contributed by atoms with Crippen LogP contribution >= 0.6 is 0 Å². The van der Waals surface area contributed by atoms with E-state index >= 15 is 0 Å². The molecule has 1 aromatic carbocycles. The molecule has 0 aromatic heterocycles. The predicted molar refractivity (Wildman–Crippen MR) is 84.5 cm³/mol. The van der Waals surface area contributed by atoms with Gasteiger partial charge in [0.15, 0.2) is 5.78 Å². The van der Waals surface area contributed by atoms with E-state index in [4.69, 9.17) is 9.47 Å². The lowest BCUT2D eigenvalue weighted by molar-refractivity contribution is -0.138. The molecule has 22 heavy (non-hydrogen) atoms. The Morgan fingerprint density at radius 2 is 1.91 bits per heavy atom. The molecule has 1 aromatic rings. The number of benzene rings is 1. The topological polar surface area (TPSA) is 52.6 Å². The van der Waals surface area contributed by atoms with E-state index in [1.165, 1.54) is 0 Å². The van der Waals surface area contributed by atoms with Crippen molar-refractivity contribution in [2.75, 3.05) is 13.7 Å². The first-order valence-corrected chi connectivity index (χ1v) is 7.33. The van der Waals surface area contributed by atoms with Crippen LogP contribution in [0.4, 0.5) is 0 Å². The number of carbonyl (C=O) groups excluding carboxylic acids is 2. The van der Waals surface area contributed by atoms with E-state index in [0.29, 0.717) is 36.2 Å². The number of hydrogen-bond donors (Lipinski definition) is 0. The van der Waals surface area contributed by atoms with Crippen molar-refractivity contribution < 1.29 is 19.1 Å². The van der Waals surface area contributed by atoms with E-state index in [2.05, 4.69) is 0 Å². The molecular weight excluding hydrogens is 280 g/mol. The fraction of sp³-hybridized carbons (Fsp3) is 0.333. The molecule has 0 saturated carbocycles. The molecule has 1 aliphatic carbocycles. The lowest BCUT2D eigenvalue weighted by Gasteiger charge is -2.18. The fourth-order valence-corrected chi connectivity index (χ4v) is 2.46. The molecule has 0 saturated heterocycles. The van der Waals surface area contributed by atoms with Crippen LogP contribution in [-0.4, -0.2) is 25.5 Å². The van der Waals surface area contributed by atoms with Crippen LogP contribution in [0.5, 0.6) is 5.75 Å². The molecular formula is C18H20O4. The smallest absolute Gasteiger partial charge is 0.334 e. The molecule has 4 heteroatoms. The number of rotatable bonds is 4. The Balaban J connectivity index is 2.37. The van der Waals surface area contributed by atoms with Gasteiger partial charge in [-0.1, -0.05) is 12.1 Å². The number of hydrogen-bond acceptors (Lipinski definition) is 4. The van der Waals surface area contributed by atoms with Gasteiger partial charge in [0.1, 0.15) is 5.75 Å². The van der Waals surface area contributed by atoms with Crippen LogP contribution < -0.4 is 4.74 Å². The Morgan fingerprint density at radius 1 is 1.23 bits per heavy atom. The molecule has 0 spiro atoms. The van der Waals surface area contributed by atoms with Crippen LogP contribution in [0, 0.1) is 0 Å². The minimum atomic E-state index is -0.326. The molecule has 0 amide bonds. The Hall–Kier alpha value is -2.36. The number of carbonyl (C=O) groups is 2. The molecule has 0 radical (unpaired) electrons. The van der Waals surface area contributed by atoms with Crippen molar-refractivity contribution >= 4 is 17.8 Å². The van der Waals surface area contributed by atoms with Crippen LogP contribution in [0.3, 0.4) is 0 Å². The zero-order valence-electron chi connectivity index (χ0n) is 13.1. The summed E-state index contributed by atoms with van der Waals surface area (Å²) in [4.78, 5) is 24.1. The molecule has 4 nitrogen and oxygen atoms in total.